The Kier molecular flexibility index (Phi) is 3.24. The van der Waals surface area contributed by atoms with E-state index in [0.717, 1.165) is 19.1 Å². The maximum atomic E-state index is 6.26. The summed E-state index contributed by atoms with van der Waals surface area (Å²) in [5, 5.41) is 8.13. The molecule has 3 rings (SSSR count). The molecule has 1 aromatic heterocycles. The molecule has 1 aromatic rings. The van der Waals surface area contributed by atoms with Crippen molar-refractivity contribution in [1.82, 2.24) is 5.32 Å². The minimum Gasteiger partial charge on any atom is -0.372 e. The second kappa shape index (κ2) is 4.71. The Labute approximate surface area is 107 Å². The molecule has 3 heteroatoms. The number of thiophene rings is 1. The molecule has 1 saturated heterocycles. The molecular formula is C14H21NOS. The Bertz CT molecular complexity index is 360. The zero-order valence-corrected chi connectivity index (χ0v) is 11.3. The minimum atomic E-state index is 0.0665. The molecule has 0 radical (unpaired) electrons. The van der Waals surface area contributed by atoms with Gasteiger partial charge in [0.15, 0.2) is 0 Å². The van der Waals surface area contributed by atoms with E-state index in [-0.39, 0.29) is 5.60 Å². The maximum Gasteiger partial charge on any atom is 0.0879 e. The standard InChI is InChI=1S/C14H21NOS/c1-11-3-2-5-14(9-11)13(15-6-7-16-14)12-4-8-17-10-12/h4,8,10-11,13,15H,2-3,5-7,9H2,1H3. The average Bonchev–Trinajstić information content (AvgIpc) is 2.83. The molecule has 17 heavy (non-hydrogen) atoms. The molecule has 2 heterocycles. The van der Waals surface area contributed by atoms with E-state index in [2.05, 4.69) is 29.1 Å². The lowest BCUT2D eigenvalue weighted by atomic mass is 9.72. The number of rotatable bonds is 1. The quantitative estimate of drug-likeness (QED) is 0.826. The van der Waals surface area contributed by atoms with Crippen molar-refractivity contribution in [3.05, 3.63) is 22.4 Å². The average molecular weight is 251 g/mol. The van der Waals surface area contributed by atoms with Crippen LogP contribution in [-0.4, -0.2) is 18.8 Å². The number of nitrogens with one attached hydrogen (secondary N) is 1. The van der Waals surface area contributed by atoms with Gasteiger partial charge in [0, 0.05) is 6.54 Å². The highest BCUT2D eigenvalue weighted by molar-refractivity contribution is 7.07. The van der Waals surface area contributed by atoms with Crippen LogP contribution in [0, 0.1) is 5.92 Å². The lowest BCUT2D eigenvalue weighted by Crippen LogP contribution is -2.54. The number of morpholine rings is 1. The van der Waals surface area contributed by atoms with E-state index < -0.39 is 0 Å². The fourth-order valence-electron chi connectivity index (χ4n) is 3.52. The van der Waals surface area contributed by atoms with E-state index in [4.69, 9.17) is 4.74 Å². The first kappa shape index (κ1) is 11.7. The van der Waals surface area contributed by atoms with E-state index in [9.17, 15) is 0 Å². The molecule has 2 nitrogen and oxygen atoms in total. The van der Waals surface area contributed by atoms with Crippen LogP contribution < -0.4 is 5.32 Å². The van der Waals surface area contributed by atoms with E-state index in [0.29, 0.717) is 6.04 Å². The molecule has 0 amide bonds. The highest BCUT2D eigenvalue weighted by Crippen LogP contribution is 2.45. The molecule has 0 aromatic carbocycles. The number of hydrogen-bond donors (Lipinski definition) is 1. The Morgan fingerprint density at radius 3 is 3.24 bits per heavy atom. The smallest absolute Gasteiger partial charge is 0.0879 e. The Balaban J connectivity index is 1.88. The van der Waals surface area contributed by atoms with Crippen LogP contribution in [0.25, 0.3) is 0 Å². The summed E-state index contributed by atoms with van der Waals surface area (Å²) in [5.41, 5.74) is 1.49. The van der Waals surface area contributed by atoms with Crippen molar-refractivity contribution >= 4 is 11.3 Å². The molecule has 3 atom stereocenters. The fraction of sp³-hybridized carbons (Fsp3) is 0.714. The summed E-state index contributed by atoms with van der Waals surface area (Å²) in [5.74, 6) is 0.796. The monoisotopic (exact) mass is 251 g/mol. The van der Waals surface area contributed by atoms with Crippen molar-refractivity contribution in [2.24, 2.45) is 5.92 Å². The molecule has 1 N–H and O–H groups in total. The van der Waals surface area contributed by atoms with Gasteiger partial charge in [0.2, 0.25) is 0 Å². The number of hydrogen-bond acceptors (Lipinski definition) is 3. The molecular weight excluding hydrogens is 230 g/mol. The van der Waals surface area contributed by atoms with Gasteiger partial charge in [-0.2, -0.15) is 11.3 Å². The van der Waals surface area contributed by atoms with Gasteiger partial charge in [0.1, 0.15) is 0 Å². The van der Waals surface area contributed by atoms with Crippen LogP contribution >= 0.6 is 11.3 Å². The SMILES string of the molecule is CC1CCCC2(C1)OCCNC2c1ccsc1. The van der Waals surface area contributed by atoms with Crippen molar-refractivity contribution in [3.8, 4) is 0 Å². The van der Waals surface area contributed by atoms with E-state index >= 15 is 0 Å². The van der Waals surface area contributed by atoms with E-state index in [1.54, 1.807) is 11.3 Å². The molecule has 1 aliphatic heterocycles. The van der Waals surface area contributed by atoms with Crippen LogP contribution in [0.2, 0.25) is 0 Å². The summed E-state index contributed by atoms with van der Waals surface area (Å²) < 4.78 is 6.26. The van der Waals surface area contributed by atoms with Gasteiger partial charge in [-0.15, -0.1) is 0 Å². The third-order valence-corrected chi connectivity index (χ3v) is 4.93. The third kappa shape index (κ3) is 2.16. The first-order chi connectivity index (χ1) is 8.30. The van der Waals surface area contributed by atoms with Crippen molar-refractivity contribution in [1.29, 1.82) is 0 Å². The van der Waals surface area contributed by atoms with Crippen molar-refractivity contribution in [2.45, 2.75) is 44.2 Å². The second-order valence-corrected chi connectivity index (χ2v) is 6.34. The lowest BCUT2D eigenvalue weighted by Gasteiger charge is -2.48. The summed E-state index contributed by atoms with van der Waals surface area (Å²) in [7, 11) is 0. The summed E-state index contributed by atoms with van der Waals surface area (Å²) >= 11 is 1.79. The summed E-state index contributed by atoms with van der Waals surface area (Å²) in [6.45, 7) is 4.22. The highest BCUT2D eigenvalue weighted by Gasteiger charge is 2.45. The van der Waals surface area contributed by atoms with Gasteiger partial charge in [-0.25, -0.2) is 0 Å². The second-order valence-electron chi connectivity index (χ2n) is 5.56. The fourth-order valence-corrected chi connectivity index (χ4v) is 4.21. The molecule has 2 fully saturated rings. The van der Waals surface area contributed by atoms with Gasteiger partial charge in [0.25, 0.3) is 0 Å². The van der Waals surface area contributed by atoms with Gasteiger partial charge < -0.3 is 10.1 Å². The summed E-state index contributed by atoms with van der Waals surface area (Å²) in [6.07, 6.45) is 5.09. The van der Waals surface area contributed by atoms with Crippen LogP contribution in [0.15, 0.2) is 16.8 Å². The molecule has 1 spiro atoms. The molecule has 1 saturated carbocycles. The predicted molar refractivity (Wildman–Crippen MR) is 71.4 cm³/mol. The van der Waals surface area contributed by atoms with Gasteiger partial charge in [-0.05, 0) is 41.1 Å². The minimum absolute atomic E-state index is 0.0665. The van der Waals surface area contributed by atoms with Gasteiger partial charge in [0.05, 0.1) is 18.2 Å². The van der Waals surface area contributed by atoms with Crippen molar-refractivity contribution in [3.63, 3.8) is 0 Å². The van der Waals surface area contributed by atoms with Gasteiger partial charge in [-0.3, -0.25) is 0 Å². The van der Waals surface area contributed by atoms with Crippen LogP contribution in [0.4, 0.5) is 0 Å². The number of ether oxygens (including phenoxy) is 1. The molecule has 0 bridgehead atoms. The zero-order chi connectivity index (χ0) is 11.7. The van der Waals surface area contributed by atoms with Crippen LogP contribution in [0.3, 0.4) is 0 Å². The van der Waals surface area contributed by atoms with Crippen molar-refractivity contribution < 1.29 is 4.74 Å². The van der Waals surface area contributed by atoms with Crippen LogP contribution in [-0.2, 0) is 4.74 Å². The lowest BCUT2D eigenvalue weighted by molar-refractivity contribution is -0.128. The highest BCUT2D eigenvalue weighted by atomic mass is 32.1. The maximum absolute atomic E-state index is 6.26. The van der Waals surface area contributed by atoms with E-state index in [1.165, 1.54) is 31.2 Å². The normalized spacial score (nSPS) is 38.4. The summed E-state index contributed by atoms with van der Waals surface area (Å²) in [6, 6.07) is 2.66. The molecule has 2 aliphatic rings. The topological polar surface area (TPSA) is 21.3 Å². The molecule has 3 unspecified atom stereocenters. The zero-order valence-electron chi connectivity index (χ0n) is 10.4. The Morgan fingerprint density at radius 2 is 2.47 bits per heavy atom. The summed E-state index contributed by atoms with van der Waals surface area (Å²) in [4.78, 5) is 0. The third-order valence-electron chi connectivity index (χ3n) is 4.23. The first-order valence-electron chi connectivity index (χ1n) is 6.70. The Hall–Kier alpha value is -0.380. The van der Waals surface area contributed by atoms with E-state index in [1.807, 2.05) is 0 Å². The van der Waals surface area contributed by atoms with Crippen LogP contribution in [0.5, 0.6) is 0 Å². The Morgan fingerprint density at radius 1 is 1.53 bits per heavy atom. The van der Waals surface area contributed by atoms with Crippen LogP contribution in [0.1, 0.15) is 44.2 Å². The van der Waals surface area contributed by atoms with Crippen molar-refractivity contribution in [2.75, 3.05) is 13.2 Å². The van der Waals surface area contributed by atoms with Gasteiger partial charge in [-0.1, -0.05) is 19.8 Å². The van der Waals surface area contributed by atoms with Gasteiger partial charge >= 0.3 is 0 Å². The molecule has 94 valence electrons. The largest absolute Gasteiger partial charge is 0.372 e. The molecule has 1 aliphatic carbocycles. The predicted octanol–water partition coefficient (Wildman–Crippen LogP) is 3.36. The first-order valence-corrected chi connectivity index (χ1v) is 7.64.